The van der Waals surface area contributed by atoms with Gasteiger partial charge >= 0.3 is 0 Å². The Morgan fingerprint density at radius 3 is 2.77 bits per heavy atom. The van der Waals surface area contributed by atoms with Crippen molar-refractivity contribution in [1.82, 2.24) is 10.2 Å². The fraction of sp³-hybridized carbons (Fsp3) is 0.562. The Kier molecular flexibility index (Phi) is 5.05. The van der Waals surface area contributed by atoms with Gasteiger partial charge in [0.1, 0.15) is 13.2 Å². The average molecular weight is 325 g/mol. The molecule has 0 radical (unpaired) electrons. The fourth-order valence-electron chi connectivity index (χ4n) is 2.79. The summed E-state index contributed by atoms with van der Waals surface area (Å²) in [6.07, 6.45) is 2.11. The van der Waals surface area contributed by atoms with Crippen LogP contribution in [0.1, 0.15) is 18.4 Å². The number of benzene rings is 1. The summed E-state index contributed by atoms with van der Waals surface area (Å²) in [5.41, 5.74) is 0.937. The van der Waals surface area contributed by atoms with Crippen molar-refractivity contribution in [3.63, 3.8) is 0 Å². The summed E-state index contributed by atoms with van der Waals surface area (Å²) in [6, 6.07) is 3.68. The largest absolute Gasteiger partial charge is 0.486 e. The Balaban J connectivity index is 1.62. The lowest BCUT2D eigenvalue weighted by Crippen LogP contribution is -2.34. The third-order valence-electron chi connectivity index (χ3n) is 4.01. The summed E-state index contributed by atoms with van der Waals surface area (Å²) in [7, 11) is 0. The standard InChI is InChI=1S/C16H21ClN2O3/c17-13-11-15-14(21-8-9-22-15)10-12(13)2-3-16(20)19-6-1-4-18-5-7-19/h10-11,18H,1-9H2. The molecule has 1 N–H and O–H groups in total. The highest BCUT2D eigenvalue weighted by Crippen LogP contribution is 2.35. The van der Waals surface area contributed by atoms with Gasteiger partial charge in [0.15, 0.2) is 11.5 Å². The summed E-state index contributed by atoms with van der Waals surface area (Å²) in [5.74, 6) is 1.59. The molecule has 120 valence electrons. The van der Waals surface area contributed by atoms with Crippen molar-refractivity contribution in [3.8, 4) is 11.5 Å². The topological polar surface area (TPSA) is 50.8 Å². The zero-order chi connectivity index (χ0) is 15.4. The van der Waals surface area contributed by atoms with E-state index in [9.17, 15) is 4.79 Å². The predicted molar refractivity (Wildman–Crippen MR) is 84.8 cm³/mol. The summed E-state index contributed by atoms with van der Waals surface area (Å²) in [6.45, 7) is 4.57. The van der Waals surface area contributed by atoms with Crippen LogP contribution in [0.3, 0.4) is 0 Å². The minimum atomic E-state index is 0.189. The van der Waals surface area contributed by atoms with Gasteiger partial charge in [-0.25, -0.2) is 0 Å². The first-order chi connectivity index (χ1) is 10.7. The highest BCUT2D eigenvalue weighted by atomic mass is 35.5. The number of aryl methyl sites for hydroxylation is 1. The van der Waals surface area contributed by atoms with Crippen LogP contribution in [0, 0.1) is 0 Å². The van der Waals surface area contributed by atoms with E-state index in [1.807, 2.05) is 11.0 Å². The quantitative estimate of drug-likeness (QED) is 0.922. The van der Waals surface area contributed by atoms with Crippen LogP contribution in [-0.4, -0.2) is 50.2 Å². The first kappa shape index (κ1) is 15.4. The van der Waals surface area contributed by atoms with Crippen LogP contribution in [0.25, 0.3) is 0 Å². The Hall–Kier alpha value is -1.46. The first-order valence-corrected chi connectivity index (χ1v) is 8.18. The van der Waals surface area contributed by atoms with Gasteiger partial charge < -0.3 is 19.7 Å². The SMILES string of the molecule is O=C(CCc1cc2c(cc1Cl)OCCO2)N1CCCNCC1. The van der Waals surface area contributed by atoms with E-state index in [-0.39, 0.29) is 5.91 Å². The minimum Gasteiger partial charge on any atom is -0.486 e. The van der Waals surface area contributed by atoms with E-state index >= 15 is 0 Å². The van der Waals surface area contributed by atoms with Crippen molar-refractivity contribution in [3.05, 3.63) is 22.7 Å². The monoisotopic (exact) mass is 324 g/mol. The molecule has 2 aliphatic heterocycles. The molecule has 6 heteroatoms. The normalized spacial score (nSPS) is 18.0. The van der Waals surface area contributed by atoms with Crippen LogP contribution in [0.4, 0.5) is 0 Å². The smallest absolute Gasteiger partial charge is 0.222 e. The van der Waals surface area contributed by atoms with Gasteiger partial charge in [-0.1, -0.05) is 11.6 Å². The van der Waals surface area contributed by atoms with E-state index in [1.54, 1.807) is 6.07 Å². The zero-order valence-corrected chi connectivity index (χ0v) is 13.3. The molecule has 1 aromatic carbocycles. The summed E-state index contributed by atoms with van der Waals surface area (Å²) < 4.78 is 11.1. The fourth-order valence-corrected chi connectivity index (χ4v) is 3.04. The highest BCUT2D eigenvalue weighted by Gasteiger charge is 2.18. The number of amides is 1. The molecule has 0 atom stereocenters. The van der Waals surface area contributed by atoms with E-state index < -0.39 is 0 Å². The molecular formula is C16H21ClN2O3. The maximum absolute atomic E-state index is 12.3. The van der Waals surface area contributed by atoms with Gasteiger partial charge in [0.25, 0.3) is 0 Å². The highest BCUT2D eigenvalue weighted by molar-refractivity contribution is 6.31. The molecule has 1 aromatic rings. The molecule has 1 amide bonds. The molecule has 0 saturated carbocycles. The molecule has 2 aliphatic rings. The van der Waals surface area contributed by atoms with Crippen molar-refractivity contribution in [2.24, 2.45) is 0 Å². The van der Waals surface area contributed by atoms with Crippen LogP contribution in [-0.2, 0) is 11.2 Å². The van der Waals surface area contributed by atoms with Crippen molar-refractivity contribution >= 4 is 17.5 Å². The van der Waals surface area contributed by atoms with Crippen molar-refractivity contribution < 1.29 is 14.3 Å². The van der Waals surface area contributed by atoms with Gasteiger partial charge in [0.05, 0.1) is 0 Å². The summed E-state index contributed by atoms with van der Waals surface area (Å²) in [5, 5.41) is 3.94. The molecule has 0 aromatic heterocycles. The maximum Gasteiger partial charge on any atom is 0.222 e. The van der Waals surface area contributed by atoms with Crippen molar-refractivity contribution in [1.29, 1.82) is 0 Å². The van der Waals surface area contributed by atoms with Gasteiger partial charge in [-0.2, -0.15) is 0 Å². The Bertz CT molecular complexity index is 542. The molecule has 22 heavy (non-hydrogen) atoms. The van der Waals surface area contributed by atoms with E-state index in [1.165, 1.54) is 0 Å². The lowest BCUT2D eigenvalue weighted by Gasteiger charge is -2.21. The van der Waals surface area contributed by atoms with Gasteiger partial charge in [-0.3, -0.25) is 4.79 Å². The number of ether oxygens (including phenoxy) is 2. The number of hydrogen-bond donors (Lipinski definition) is 1. The number of nitrogens with one attached hydrogen (secondary N) is 1. The number of carbonyl (C=O) groups is 1. The molecule has 0 bridgehead atoms. The molecule has 0 unspecified atom stereocenters. The van der Waals surface area contributed by atoms with Gasteiger partial charge in [0.2, 0.25) is 5.91 Å². The lowest BCUT2D eigenvalue weighted by atomic mass is 10.1. The van der Waals surface area contributed by atoms with Crippen LogP contribution < -0.4 is 14.8 Å². The zero-order valence-electron chi connectivity index (χ0n) is 12.6. The second kappa shape index (κ2) is 7.20. The van der Waals surface area contributed by atoms with Gasteiger partial charge in [-0.15, -0.1) is 0 Å². The maximum atomic E-state index is 12.3. The van der Waals surface area contributed by atoms with Crippen LogP contribution >= 0.6 is 11.6 Å². The molecule has 0 aliphatic carbocycles. The first-order valence-electron chi connectivity index (χ1n) is 7.80. The Morgan fingerprint density at radius 2 is 1.95 bits per heavy atom. The summed E-state index contributed by atoms with van der Waals surface area (Å²) >= 11 is 6.29. The van der Waals surface area contributed by atoms with E-state index in [4.69, 9.17) is 21.1 Å². The minimum absolute atomic E-state index is 0.189. The van der Waals surface area contributed by atoms with Gasteiger partial charge in [0, 0.05) is 37.1 Å². The molecule has 5 nitrogen and oxygen atoms in total. The summed E-state index contributed by atoms with van der Waals surface area (Å²) in [4.78, 5) is 14.3. The number of halogens is 1. The van der Waals surface area contributed by atoms with Crippen molar-refractivity contribution in [2.75, 3.05) is 39.4 Å². The average Bonchev–Trinajstić information content (AvgIpc) is 2.82. The number of nitrogens with zero attached hydrogens (tertiary/aromatic N) is 1. The molecule has 0 spiro atoms. The third kappa shape index (κ3) is 3.65. The van der Waals surface area contributed by atoms with Crippen molar-refractivity contribution in [2.45, 2.75) is 19.3 Å². The van der Waals surface area contributed by atoms with Crippen LogP contribution in [0.2, 0.25) is 5.02 Å². The third-order valence-corrected chi connectivity index (χ3v) is 4.36. The van der Waals surface area contributed by atoms with Crippen LogP contribution in [0.15, 0.2) is 12.1 Å². The number of fused-ring (bicyclic) bond motifs is 1. The van der Waals surface area contributed by atoms with Crippen LogP contribution in [0.5, 0.6) is 11.5 Å². The van der Waals surface area contributed by atoms with Gasteiger partial charge in [-0.05, 0) is 31.0 Å². The lowest BCUT2D eigenvalue weighted by molar-refractivity contribution is -0.130. The Morgan fingerprint density at radius 1 is 1.18 bits per heavy atom. The number of hydrogen-bond acceptors (Lipinski definition) is 4. The van der Waals surface area contributed by atoms with E-state index in [0.717, 1.165) is 43.9 Å². The molecule has 1 fully saturated rings. The molecule has 2 heterocycles. The molecule has 1 saturated heterocycles. The Labute approximate surface area is 135 Å². The second-order valence-corrected chi connectivity index (χ2v) is 5.98. The number of rotatable bonds is 3. The van der Waals surface area contributed by atoms with E-state index in [2.05, 4.69) is 5.32 Å². The second-order valence-electron chi connectivity index (χ2n) is 5.57. The molecule has 3 rings (SSSR count). The van der Waals surface area contributed by atoms with E-state index in [0.29, 0.717) is 36.8 Å². The number of carbonyl (C=O) groups excluding carboxylic acids is 1. The predicted octanol–water partition coefficient (Wildman–Crippen LogP) is 1.87. The molecular weight excluding hydrogens is 304 g/mol.